The molecule has 2 nitrogen and oxygen atoms in total. The molecule has 4 aromatic carbocycles. The molecule has 0 spiro atoms. The number of phenolic OH excluding ortho intramolecular Hbond substituents is 1. The molecule has 2 heteroatoms. The van der Waals surface area contributed by atoms with Gasteiger partial charge in [0.15, 0.2) is 0 Å². The summed E-state index contributed by atoms with van der Waals surface area (Å²) in [7, 11) is 0. The summed E-state index contributed by atoms with van der Waals surface area (Å²) in [5.41, 5.74) is 8.08. The minimum Gasteiger partial charge on any atom is -0.507 e. The molecule has 0 amide bonds. The van der Waals surface area contributed by atoms with Crippen molar-refractivity contribution >= 4 is 11.9 Å². The molecule has 0 radical (unpaired) electrons. The van der Waals surface area contributed by atoms with Crippen molar-refractivity contribution < 1.29 is 5.11 Å². The third kappa shape index (κ3) is 2.76. The van der Waals surface area contributed by atoms with Gasteiger partial charge in [-0.1, -0.05) is 72.8 Å². The molecule has 0 saturated carbocycles. The van der Waals surface area contributed by atoms with Crippen molar-refractivity contribution in [2.24, 2.45) is 4.99 Å². The van der Waals surface area contributed by atoms with E-state index in [1.807, 2.05) is 36.4 Å². The number of nitrogens with zero attached hydrogens (tertiary/aromatic N) is 1. The normalized spacial score (nSPS) is 13.9. The SMILES string of the molecule is Cc1cc(C=Nc2ccccc2)c(O)c(C2(C)c3ccccc3-c3ccccc32)c1. The number of phenols is 1. The van der Waals surface area contributed by atoms with Gasteiger partial charge < -0.3 is 5.11 Å². The Balaban J connectivity index is 1.71. The van der Waals surface area contributed by atoms with Crippen molar-refractivity contribution in [2.75, 3.05) is 0 Å². The molecular formula is C28H23NO. The highest BCUT2D eigenvalue weighted by molar-refractivity contribution is 5.89. The Hall–Kier alpha value is -3.65. The van der Waals surface area contributed by atoms with Gasteiger partial charge in [0.1, 0.15) is 5.75 Å². The van der Waals surface area contributed by atoms with Crippen LogP contribution in [0.3, 0.4) is 0 Å². The molecule has 5 rings (SSSR count). The Bertz CT molecular complexity index is 1230. The van der Waals surface area contributed by atoms with Gasteiger partial charge in [-0.3, -0.25) is 4.99 Å². The molecule has 0 bridgehead atoms. The molecule has 0 fully saturated rings. The summed E-state index contributed by atoms with van der Waals surface area (Å²) in [5, 5.41) is 11.4. The molecule has 0 heterocycles. The number of benzene rings is 4. The van der Waals surface area contributed by atoms with Crippen molar-refractivity contribution in [3.8, 4) is 16.9 Å². The van der Waals surface area contributed by atoms with E-state index in [1.54, 1.807) is 6.21 Å². The highest BCUT2D eigenvalue weighted by Crippen LogP contribution is 2.54. The molecule has 0 unspecified atom stereocenters. The largest absolute Gasteiger partial charge is 0.507 e. The number of aliphatic imine (C=N–C) groups is 1. The lowest BCUT2D eigenvalue weighted by molar-refractivity contribution is 0.457. The van der Waals surface area contributed by atoms with Crippen LogP contribution in [0, 0.1) is 6.92 Å². The lowest BCUT2D eigenvalue weighted by Crippen LogP contribution is -2.23. The zero-order valence-corrected chi connectivity index (χ0v) is 17.1. The van der Waals surface area contributed by atoms with Crippen molar-refractivity contribution in [3.05, 3.63) is 119 Å². The average Bonchev–Trinajstić information content (AvgIpc) is 3.05. The van der Waals surface area contributed by atoms with Crippen LogP contribution in [0.15, 0.2) is 96.0 Å². The van der Waals surface area contributed by atoms with Crippen LogP contribution < -0.4 is 0 Å². The van der Waals surface area contributed by atoms with Crippen LogP contribution in [0.2, 0.25) is 0 Å². The van der Waals surface area contributed by atoms with Crippen molar-refractivity contribution in [1.82, 2.24) is 0 Å². The van der Waals surface area contributed by atoms with Gasteiger partial charge >= 0.3 is 0 Å². The zero-order valence-electron chi connectivity index (χ0n) is 17.1. The second-order valence-corrected chi connectivity index (χ2v) is 8.06. The van der Waals surface area contributed by atoms with E-state index in [1.165, 1.54) is 22.3 Å². The van der Waals surface area contributed by atoms with Crippen molar-refractivity contribution in [1.29, 1.82) is 0 Å². The van der Waals surface area contributed by atoms with Crippen LogP contribution in [0.5, 0.6) is 5.75 Å². The Labute approximate surface area is 177 Å². The first-order chi connectivity index (χ1) is 14.6. The van der Waals surface area contributed by atoms with Gasteiger partial charge in [-0.15, -0.1) is 0 Å². The Morgan fingerprint density at radius 2 is 1.30 bits per heavy atom. The number of aromatic hydroxyl groups is 1. The molecule has 0 aromatic heterocycles. The number of fused-ring (bicyclic) bond motifs is 3. The number of aryl methyl sites for hydroxylation is 1. The molecule has 146 valence electrons. The topological polar surface area (TPSA) is 32.6 Å². The molecule has 30 heavy (non-hydrogen) atoms. The summed E-state index contributed by atoms with van der Waals surface area (Å²) >= 11 is 0. The zero-order chi connectivity index (χ0) is 20.7. The number of hydrogen-bond donors (Lipinski definition) is 1. The highest BCUT2D eigenvalue weighted by Gasteiger charge is 2.42. The molecule has 1 N–H and O–H groups in total. The highest BCUT2D eigenvalue weighted by atomic mass is 16.3. The van der Waals surface area contributed by atoms with E-state index in [-0.39, 0.29) is 5.75 Å². The summed E-state index contributed by atoms with van der Waals surface area (Å²) in [6.07, 6.45) is 1.76. The first-order valence-electron chi connectivity index (χ1n) is 10.2. The average molecular weight is 389 g/mol. The van der Waals surface area contributed by atoms with Gasteiger partial charge in [-0.25, -0.2) is 0 Å². The monoisotopic (exact) mass is 389 g/mol. The first-order valence-corrected chi connectivity index (χ1v) is 10.2. The summed E-state index contributed by atoms with van der Waals surface area (Å²) in [6, 6.07) is 30.9. The van der Waals surface area contributed by atoms with Crippen LogP contribution in [-0.2, 0) is 5.41 Å². The number of rotatable bonds is 3. The van der Waals surface area contributed by atoms with Crippen LogP contribution in [-0.4, -0.2) is 11.3 Å². The smallest absolute Gasteiger partial charge is 0.128 e. The predicted octanol–water partition coefficient (Wildman–Crippen LogP) is 6.79. The number of hydrogen-bond acceptors (Lipinski definition) is 2. The quantitative estimate of drug-likeness (QED) is 0.385. The number of para-hydroxylation sites is 1. The van der Waals surface area contributed by atoms with E-state index < -0.39 is 5.41 Å². The molecule has 0 saturated heterocycles. The molecule has 0 aliphatic heterocycles. The van der Waals surface area contributed by atoms with E-state index >= 15 is 0 Å². The summed E-state index contributed by atoms with van der Waals surface area (Å²) in [6.45, 7) is 4.28. The maximum atomic E-state index is 11.4. The first kappa shape index (κ1) is 18.4. The summed E-state index contributed by atoms with van der Waals surface area (Å²) in [5.74, 6) is 0.286. The van der Waals surface area contributed by atoms with Crippen LogP contribution in [0.1, 0.15) is 34.7 Å². The maximum Gasteiger partial charge on any atom is 0.128 e. The van der Waals surface area contributed by atoms with Crippen molar-refractivity contribution in [2.45, 2.75) is 19.3 Å². The second-order valence-electron chi connectivity index (χ2n) is 8.06. The minimum absolute atomic E-state index is 0.286. The predicted molar refractivity (Wildman–Crippen MR) is 124 cm³/mol. The van der Waals surface area contributed by atoms with E-state index in [9.17, 15) is 5.11 Å². The fraction of sp³-hybridized carbons (Fsp3) is 0.107. The molecule has 1 aliphatic carbocycles. The fourth-order valence-corrected chi connectivity index (χ4v) is 4.69. The fourth-order valence-electron chi connectivity index (χ4n) is 4.69. The van der Waals surface area contributed by atoms with Crippen LogP contribution in [0.4, 0.5) is 5.69 Å². The van der Waals surface area contributed by atoms with E-state index in [0.29, 0.717) is 0 Å². The second kappa shape index (κ2) is 7.00. The Morgan fingerprint density at radius 3 is 1.93 bits per heavy atom. The lowest BCUT2D eigenvalue weighted by atomic mass is 9.73. The standard InChI is InChI=1S/C28H23NO/c1-19-16-20(18-29-21-10-4-3-5-11-21)27(30)26(17-19)28(2)24-14-8-6-12-22(24)23-13-7-9-15-25(23)28/h3-18,30H,1-2H3. The van der Waals surface area contributed by atoms with Gasteiger partial charge in [-0.2, -0.15) is 0 Å². The van der Waals surface area contributed by atoms with Crippen LogP contribution >= 0.6 is 0 Å². The van der Waals surface area contributed by atoms with Crippen molar-refractivity contribution in [3.63, 3.8) is 0 Å². The van der Waals surface area contributed by atoms with Gasteiger partial charge in [0.25, 0.3) is 0 Å². The molecular weight excluding hydrogens is 366 g/mol. The molecule has 4 aromatic rings. The van der Waals surface area contributed by atoms with E-state index in [0.717, 1.165) is 22.4 Å². The van der Waals surface area contributed by atoms with E-state index in [4.69, 9.17) is 0 Å². The lowest BCUT2D eigenvalue weighted by Gasteiger charge is -2.30. The van der Waals surface area contributed by atoms with Gasteiger partial charge in [0.2, 0.25) is 0 Å². The van der Waals surface area contributed by atoms with Gasteiger partial charge in [0, 0.05) is 22.8 Å². The molecule has 0 atom stereocenters. The third-order valence-electron chi connectivity index (χ3n) is 6.15. The van der Waals surface area contributed by atoms with E-state index in [2.05, 4.69) is 73.4 Å². The third-order valence-corrected chi connectivity index (χ3v) is 6.15. The van der Waals surface area contributed by atoms with Gasteiger partial charge in [-0.05, 0) is 59.9 Å². The summed E-state index contributed by atoms with van der Waals surface area (Å²) in [4.78, 5) is 4.57. The van der Waals surface area contributed by atoms with Crippen LogP contribution in [0.25, 0.3) is 11.1 Å². The maximum absolute atomic E-state index is 11.4. The van der Waals surface area contributed by atoms with Gasteiger partial charge in [0.05, 0.1) is 5.69 Å². The molecule has 1 aliphatic rings. The Morgan fingerprint density at radius 1 is 0.733 bits per heavy atom. The minimum atomic E-state index is -0.432. The Kier molecular flexibility index (Phi) is 4.29. The summed E-state index contributed by atoms with van der Waals surface area (Å²) < 4.78 is 0.